The molecule has 0 aliphatic carbocycles. The number of nitrogens with one attached hydrogen (secondary N) is 1. The Morgan fingerprint density at radius 2 is 2.33 bits per heavy atom. The number of rotatable bonds is 4. The molecule has 0 fully saturated rings. The predicted molar refractivity (Wildman–Crippen MR) is 43.1 cm³/mol. The van der Waals surface area contributed by atoms with E-state index in [2.05, 4.69) is 5.32 Å². The van der Waals surface area contributed by atoms with Crippen molar-refractivity contribution in [3.63, 3.8) is 0 Å². The summed E-state index contributed by atoms with van der Waals surface area (Å²) in [6.45, 7) is 1.04. The summed E-state index contributed by atoms with van der Waals surface area (Å²) < 4.78 is 25.0. The highest BCUT2D eigenvalue weighted by Gasteiger charge is 2.04. The maximum atomic E-state index is 12.0. The number of aromatic nitrogens is 1. The van der Waals surface area contributed by atoms with E-state index in [1.165, 1.54) is 12.4 Å². The van der Waals surface area contributed by atoms with Crippen LogP contribution in [0.15, 0.2) is 18.5 Å². The van der Waals surface area contributed by atoms with Gasteiger partial charge in [-0.15, -0.1) is 0 Å². The number of halogens is 2. The van der Waals surface area contributed by atoms with Crippen LogP contribution in [0.25, 0.3) is 0 Å². The van der Waals surface area contributed by atoms with Crippen molar-refractivity contribution in [3.8, 4) is 0 Å². The summed E-state index contributed by atoms with van der Waals surface area (Å²) in [5.74, 6) is 0. The topological polar surface area (TPSA) is 17.0 Å². The molecule has 1 N–H and O–H groups in total. The summed E-state index contributed by atoms with van der Waals surface area (Å²) >= 11 is 0. The highest BCUT2D eigenvalue weighted by atomic mass is 19.3. The van der Waals surface area contributed by atoms with Crippen LogP contribution in [0.3, 0.4) is 0 Å². The van der Waals surface area contributed by atoms with Gasteiger partial charge in [-0.25, -0.2) is 0 Å². The van der Waals surface area contributed by atoms with Crippen LogP contribution in [-0.4, -0.2) is 11.1 Å². The first kappa shape index (κ1) is 9.19. The van der Waals surface area contributed by atoms with Crippen molar-refractivity contribution in [2.75, 3.05) is 6.54 Å². The molecule has 0 bridgehead atoms. The lowest BCUT2D eigenvalue weighted by atomic mass is 10.3. The van der Waals surface area contributed by atoms with E-state index in [1.54, 1.807) is 6.07 Å². The van der Waals surface area contributed by atoms with Gasteiger partial charge in [0.2, 0.25) is 0 Å². The third-order valence-corrected chi connectivity index (χ3v) is 1.58. The molecule has 12 heavy (non-hydrogen) atoms. The van der Waals surface area contributed by atoms with Crippen LogP contribution in [-0.2, 0) is 6.54 Å². The van der Waals surface area contributed by atoms with E-state index >= 15 is 0 Å². The molecule has 1 rings (SSSR count). The molecule has 1 aromatic heterocycles. The highest BCUT2D eigenvalue weighted by molar-refractivity contribution is 5.09. The molecule has 0 aromatic carbocycles. The first-order chi connectivity index (χ1) is 5.74. The Balaban J connectivity index is 2.52. The van der Waals surface area contributed by atoms with Gasteiger partial charge in [0, 0.05) is 18.9 Å². The fraction of sp³-hybridized carbons (Fsp3) is 0.500. The molecule has 0 unspecified atom stereocenters. The Kier molecular flexibility index (Phi) is 3.22. The molecule has 0 spiro atoms. The molecule has 0 atom stereocenters. The smallest absolute Gasteiger partial charge is 0.313 e. The van der Waals surface area contributed by atoms with Gasteiger partial charge in [-0.1, -0.05) is 6.92 Å². The standard InChI is InChI=1S/C8H12F2N2/c1-2-11-5-7-3-4-12(6-7)8(9)10/h3-4,6,8,11H,2,5H2,1H3. The van der Waals surface area contributed by atoms with Crippen LogP contribution in [0.5, 0.6) is 0 Å². The highest BCUT2D eigenvalue weighted by Crippen LogP contribution is 2.11. The number of nitrogens with zero attached hydrogens (tertiary/aromatic N) is 1. The van der Waals surface area contributed by atoms with Gasteiger partial charge < -0.3 is 5.32 Å². The molecule has 1 aromatic rings. The summed E-state index contributed by atoms with van der Waals surface area (Å²) in [5.41, 5.74) is 0.886. The van der Waals surface area contributed by atoms with Crippen LogP contribution in [0.4, 0.5) is 8.78 Å². The van der Waals surface area contributed by atoms with Crippen LogP contribution in [0.2, 0.25) is 0 Å². The third-order valence-electron chi connectivity index (χ3n) is 1.58. The second-order valence-electron chi connectivity index (χ2n) is 2.52. The maximum absolute atomic E-state index is 12.0. The van der Waals surface area contributed by atoms with Gasteiger partial charge in [0.1, 0.15) is 0 Å². The summed E-state index contributed by atoms with van der Waals surface area (Å²) in [6.07, 6.45) is 2.84. The van der Waals surface area contributed by atoms with Crippen molar-refractivity contribution in [3.05, 3.63) is 24.0 Å². The molecule has 0 amide bonds. The van der Waals surface area contributed by atoms with Gasteiger partial charge in [-0.2, -0.15) is 8.78 Å². The van der Waals surface area contributed by atoms with E-state index in [4.69, 9.17) is 0 Å². The molecule has 0 saturated heterocycles. The molecule has 0 aliphatic heterocycles. The van der Waals surface area contributed by atoms with Crippen molar-refractivity contribution >= 4 is 0 Å². The summed E-state index contributed by atoms with van der Waals surface area (Å²) in [5, 5.41) is 3.06. The van der Waals surface area contributed by atoms with Gasteiger partial charge in [-0.3, -0.25) is 4.57 Å². The van der Waals surface area contributed by atoms with Crippen LogP contribution in [0, 0.1) is 0 Å². The Bertz CT molecular complexity index is 233. The van der Waals surface area contributed by atoms with Crippen LogP contribution < -0.4 is 5.32 Å². The van der Waals surface area contributed by atoms with Gasteiger partial charge >= 0.3 is 6.55 Å². The fourth-order valence-electron chi connectivity index (χ4n) is 0.955. The van der Waals surface area contributed by atoms with E-state index in [-0.39, 0.29) is 0 Å². The Labute approximate surface area is 70.2 Å². The number of hydrogen-bond acceptors (Lipinski definition) is 1. The van der Waals surface area contributed by atoms with E-state index in [1.807, 2.05) is 6.92 Å². The van der Waals surface area contributed by atoms with Gasteiger partial charge in [-0.05, 0) is 18.2 Å². The van der Waals surface area contributed by atoms with Crippen molar-refractivity contribution in [2.24, 2.45) is 0 Å². The molecule has 4 heteroatoms. The molecular weight excluding hydrogens is 162 g/mol. The number of hydrogen-bond donors (Lipinski definition) is 1. The van der Waals surface area contributed by atoms with E-state index in [0.717, 1.165) is 16.7 Å². The Morgan fingerprint density at radius 1 is 1.58 bits per heavy atom. The van der Waals surface area contributed by atoms with Gasteiger partial charge in [0.25, 0.3) is 0 Å². The van der Waals surface area contributed by atoms with E-state index in [0.29, 0.717) is 6.54 Å². The SMILES string of the molecule is CCNCc1ccn(C(F)F)c1. The summed E-state index contributed by atoms with van der Waals surface area (Å²) in [7, 11) is 0. The quantitative estimate of drug-likeness (QED) is 0.738. The van der Waals surface area contributed by atoms with Crippen molar-refractivity contribution in [2.45, 2.75) is 20.0 Å². The average Bonchev–Trinajstić information content (AvgIpc) is 2.48. The number of alkyl halides is 2. The molecular formula is C8H12F2N2. The first-order valence-electron chi connectivity index (χ1n) is 3.89. The average molecular weight is 174 g/mol. The lowest BCUT2D eigenvalue weighted by Gasteiger charge is -1.99. The zero-order valence-electron chi connectivity index (χ0n) is 6.93. The predicted octanol–water partition coefficient (Wildman–Crippen LogP) is 1.99. The fourth-order valence-corrected chi connectivity index (χ4v) is 0.955. The molecule has 68 valence electrons. The molecule has 0 radical (unpaired) electrons. The minimum atomic E-state index is -2.43. The zero-order valence-corrected chi connectivity index (χ0v) is 6.93. The molecule has 1 heterocycles. The molecule has 2 nitrogen and oxygen atoms in total. The van der Waals surface area contributed by atoms with E-state index < -0.39 is 6.55 Å². The minimum Gasteiger partial charge on any atom is -0.313 e. The summed E-state index contributed by atoms with van der Waals surface area (Å²) in [4.78, 5) is 0. The van der Waals surface area contributed by atoms with Gasteiger partial charge in [0.15, 0.2) is 0 Å². The monoisotopic (exact) mass is 174 g/mol. The molecule has 0 aliphatic rings. The first-order valence-corrected chi connectivity index (χ1v) is 3.89. The van der Waals surface area contributed by atoms with E-state index in [9.17, 15) is 8.78 Å². The van der Waals surface area contributed by atoms with Crippen molar-refractivity contribution in [1.82, 2.24) is 9.88 Å². The largest absolute Gasteiger partial charge is 0.318 e. The molecule has 0 saturated carbocycles. The minimum absolute atomic E-state index is 0.649. The van der Waals surface area contributed by atoms with Crippen LogP contribution in [0.1, 0.15) is 19.0 Å². The van der Waals surface area contributed by atoms with Crippen molar-refractivity contribution in [1.29, 1.82) is 0 Å². The van der Waals surface area contributed by atoms with Crippen molar-refractivity contribution < 1.29 is 8.78 Å². The van der Waals surface area contributed by atoms with Crippen LogP contribution >= 0.6 is 0 Å². The zero-order chi connectivity index (χ0) is 8.97. The lowest BCUT2D eigenvalue weighted by molar-refractivity contribution is 0.0705. The maximum Gasteiger partial charge on any atom is 0.318 e. The third kappa shape index (κ3) is 2.30. The Morgan fingerprint density at radius 3 is 2.83 bits per heavy atom. The Hall–Kier alpha value is -0.900. The van der Waals surface area contributed by atoms with Gasteiger partial charge in [0.05, 0.1) is 0 Å². The normalized spacial score (nSPS) is 11.0. The second-order valence-corrected chi connectivity index (χ2v) is 2.52. The lowest BCUT2D eigenvalue weighted by Crippen LogP contribution is -2.11. The second kappa shape index (κ2) is 4.21. The summed E-state index contributed by atoms with van der Waals surface area (Å²) in [6, 6.07) is 1.69.